The summed E-state index contributed by atoms with van der Waals surface area (Å²) in [4.78, 5) is 15.1. The molecule has 0 amide bonds. The van der Waals surface area contributed by atoms with Crippen LogP contribution in [-0.2, 0) is 12.8 Å². The van der Waals surface area contributed by atoms with Crippen LogP contribution in [0.1, 0.15) is 25.1 Å². The van der Waals surface area contributed by atoms with Gasteiger partial charge in [0.2, 0.25) is 0 Å². The number of pyridine rings is 1. The van der Waals surface area contributed by atoms with Crippen molar-refractivity contribution >= 4 is 10.9 Å². The van der Waals surface area contributed by atoms with Crippen molar-refractivity contribution in [2.24, 2.45) is 0 Å². The fourth-order valence-electron chi connectivity index (χ4n) is 1.87. The molecule has 0 aliphatic heterocycles. The Morgan fingerprint density at radius 1 is 1.20 bits per heavy atom. The van der Waals surface area contributed by atoms with Gasteiger partial charge in [-0.2, -0.15) is 0 Å². The fraction of sp³-hybridized carbons (Fsp3) is 0.308. The van der Waals surface area contributed by atoms with E-state index in [4.69, 9.17) is 0 Å². The number of aryl methyl sites for hydroxylation is 2. The lowest BCUT2D eigenvalue weighted by Gasteiger charge is -2.06. The average molecular weight is 201 g/mol. The molecule has 0 unspecified atom stereocenters. The monoisotopic (exact) mass is 201 g/mol. The molecule has 0 spiro atoms. The van der Waals surface area contributed by atoms with Crippen LogP contribution >= 0.6 is 0 Å². The number of hydrogen-bond donors (Lipinski definition) is 1. The van der Waals surface area contributed by atoms with Gasteiger partial charge in [0, 0.05) is 17.1 Å². The summed E-state index contributed by atoms with van der Waals surface area (Å²) in [6.45, 7) is 4.15. The molecule has 2 heteroatoms. The molecule has 1 N–H and O–H groups in total. The summed E-state index contributed by atoms with van der Waals surface area (Å²) < 4.78 is 0. The van der Waals surface area contributed by atoms with Crippen LogP contribution in [0.15, 0.2) is 29.1 Å². The van der Waals surface area contributed by atoms with E-state index in [1.165, 1.54) is 5.56 Å². The average Bonchev–Trinajstić information content (AvgIpc) is 2.28. The Labute approximate surface area is 89.0 Å². The van der Waals surface area contributed by atoms with Crippen LogP contribution in [-0.4, -0.2) is 4.98 Å². The minimum absolute atomic E-state index is 0.121. The van der Waals surface area contributed by atoms with Crippen LogP contribution in [0.25, 0.3) is 10.9 Å². The maximum atomic E-state index is 11.8. The molecule has 0 aliphatic rings. The van der Waals surface area contributed by atoms with E-state index in [0.29, 0.717) is 0 Å². The molecule has 1 aromatic carbocycles. The van der Waals surface area contributed by atoms with Crippen molar-refractivity contribution in [1.82, 2.24) is 4.98 Å². The summed E-state index contributed by atoms with van der Waals surface area (Å²) in [5.74, 6) is 0. The van der Waals surface area contributed by atoms with Crippen molar-refractivity contribution in [1.29, 1.82) is 0 Å². The highest BCUT2D eigenvalue weighted by atomic mass is 16.1. The van der Waals surface area contributed by atoms with Gasteiger partial charge >= 0.3 is 0 Å². The molecule has 0 bridgehead atoms. The van der Waals surface area contributed by atoms with Gasteiger partial charge in [-0.1, -0.05) is 26.0 Å². The molecule has 0 radical (unpaired) electrons. The van der Waals surface area contributed by atoms with Crippen LogP contribution in [0, 0.1) is 0 Å². The molecule has 0 saturated heterocycles. The topological polar surface area (TPSA) is 32.9 Å². The third kappa shape index (κ3) is 1.67. The Bertz CT molecular complexity index is 540. The van der Waals surface area contributed by atoms with E-state index in [-0.39, 0.29) is 5.43 Å². The molecule has 0 saturated carbocycles. The van der Waals surface area contributed by atoms with Gasteiger partial charge in [0.25, 0.3) is 0 Å². The van der Waals surface area contributed by atoms with Crippen molar-refractivity contribution in [3.05, 3.63) is 45.7 Å². The van der Waals surface area contributed by atoms with Crippen LogP contribution < -0.4 is 5.43 Å². The Kier molecular flexibility index (Phi) is 2.58. The van der Waals surface area contributed by atoms with Crippen molar-refractivity contribution in [3.63, 3.8) is 0 Å². The van der Waals surface area contributed by atoms with E-state index < -0.39 is 0 Å². The molecule has 2 nitrogen and oxygen atoms in total. The minimum atomic E-state index is 0.121. The van der Waals surface area contributed by atoms with E-state index in [2.05, 4.69) is 18.0 Å². The number of para-hydroxylation sites is 1. The lowest BCUT2D eigenvalue weighted by atomic mass is 10.1. The van der Waals surface area contributed by atoms with Crippen LogP contribution in [0.3, 0.4) is 0 Å². The first-order valence-electron chi connectivity index (χ1n) is 5.40. The molecule has 1 heterocycles. The van der Waals surface area contributed by atoms with Gasteiger partial charge in [-0.05, 0) is 24.5 Å². The Balaban J connectivity index is 2.85. The molecule has 78 valence electrons. The summed E-state index contributed by atoms with van der Waals surface area (Å²) in [6, 6.07) is 7.59. The Hall–Kier alpha value is -1.57. The molecule has 2 aromatic rings. The summed E-state index contributed by atoms with van der Waals surface area (Å²) in [7, 11) is 0. The maximum Gasteiger partial charge on any atom is 0.189 e. The predicted octanol–water partition coefficient (Wildman–Crippen LogP) is 2.65. The summed E-state index contributed by atoms with van der Waals surface area (Å²) in [6.07, 6.45) is 1.81. The van der Waals surface area contributed by atoms with Crippen molar-refractivity contribution in [2.75, 3.05) is 0 Å². The van der Waals surface area contributed by atoms with Gasteiger partial charge in [-0.15, -0.1) is 0 Å². The number of aromatic amines is 1. The molecule has 15 heavy (non-hydrogen) atoms. The zero-order chi connectivity index (χ0) is 10.8. The molecule has 1 aromatic heterocycles. The maximum absolute atomic E-state index is 11.8. The second-order valence-electron chi connectivity index (χ2n) is 3.71. The number of nitrogens with one attached hydrogen (secondary N) is 1. The van der Waals surface area contributed by atoms with Crippen molar-refractivity contribution < 1.29 is 0 Å². The molecule has 2 rings (SSSR count). The minimum Gasteiger partial charge on any atom is -0.358 e. The summed E-state index contributed by atoms with van der Waals surface area (Å²) >= 11 is 0. The van der Waals surface area contributed by atoms with Gasteiger partial charge in [0.05, 0.1) is 5.52 Å². The lowest BCUT2D eigenvalue weighted by Crippen LogP contribution is -2.05. The molecule has 0 aliphatic carbocycles. The number of benzene rings is 1. The summed E-state index contributed by atoms with van der Waals surface area (Å²) in [5.41, 5.74) is 3.34. The van der Waals surface area contributed by atoms with E-state index in [1.54, 1.807) is 6.07 Å². The number of aromatic nitrogens is 1. The Morgan fingerprint density at radius 2 is 2.00 bits per heavy atom. The second kappa shape index (κ2) is 3.89. The quantitative estimate of drug-likeness (QED) is 0.796. The van der Waals surface area contributed by atoms with Gasteiger partial charge in [0.15, 0.2) is 5.43 Å². The van der Waals surface area contributed by atoms with Gasteiger partial charge < -0.3 is 4.98 Å². The number of H-pyrrole nitrogens is 1. The zero-order valence-corrected chi connectivity index (χ0v) is 9.13. The molecular weight excluding hydrogens is 186 g/mol. The van der Waals surface area contributed by atoms with Crippen molar-refractivity contribution in [3.8, 4) is 0 Å². The molecule has 0 atom stereocenters. The highest BCUT2D eigenvalue weighted by Crippen LogP contribution is 2.14. The predicted molar refractivity (Wildman–Crippen MR) is 63.3 cm³/mol. The number of fused-ring (bicyclic) bond motifs is 1. The van der Waals surface area contributed by atoms with Crippen LogP contribution in [0.5, 0.6) is 0 Å². The van der Waals surface area contributed by atoms with Gasteiger partial charge in [-0.25, -0.2) is 0 Å². The number of rotatable bonds is 2. The van der Waals surface area contributed by atoms with Crippen molar-refractivity contribution in [2.45, 2.75) is 26.7 Å². The van der Waals surface area contributed by atoms with Gasteiger partial charge in [0.1, 0.15) is 0 Å². The summed E-state index contributed by atoms with van der Waals surface area (Å²) in [5, 5.41) is 0.798. The third-order valence-corrected chi connectivity index (χ3v) is 2.77. The highest BCUT2D eigenvalue weighted by Gasteiger charge is 2.03. The molecular formula is C13H15NO. The van der Waals surface area contributed by atoms with E-state index >= 15 is 0 Å². The normalized spacial score (nSPS) is 10.8. The smallest absolute Gasteiger partial charge is 0.189 e. The van der Waals surface area contributed by atoms with Crippen LogP contribution in [0.2, 0.25) is 0 Å². The zero-order valence-electron chi connectivity index (χ0n) is 9.13. The van der Waals surface area contributed by atoms with Crippen LogP contribution in [0.4, 0.5) is 0 Å². The van der Waals surface area contributed by atoms with E-state index in [0.717, 1.165) is 29.4 Å². The third-order valence-electron chi connectivity index (χ3n) is 2.77. The van der Waals surface area contributed by atoms with E-state index in [9.17, 15) is 4.79 Å². The highest BCUT2D eigenvalue weighted by molar-refractivity contribution is 5.81. The largest absolute Gasteiger partial charge is 0.358 e. The van der Waals surface area contributed by atoms with Gasteiger partial charge in [-0.3, -0.25) is 4.79 Å². The lowest BCUT2D eigenvalue weighted by molar-refractivity contribution is 1.04. The Morgan fingerprint density at radius 3 is 2.67 bits per heavy atom. The standard InChI is InChI=1S/C13H15NO/c1-3-9-6-5-7-11-12(15)8-10(4-2)14-13(9)11/h5-8H,3-4H2,1-2H3,(H,14,15). The number of hydrogen-bond acceptors (Lipinski definition) is 1. The second-order valence-corrected chi connectivity index (χ2v) is 3.71. The SMILES string of the molecule is CCc1cc(=O)c2cccc(CC)c2[nH]1. The fourth-order valence-corrected chi connectivity index (χ4v) is 1.87. The first kappa shape index (κ1) is 9.97. The first-order chi connectivity index (χ1) is 7.26. The van der Waals surface area contributed by atoms with E-state index in [1.807, 2.05) is 19.1 Å². The molecule has 0 fully saturated rings. The first-order valence-corrected chi connectivity index (χ1v) is 5.40.